The van der Waals surface area contributed by atoms with Crippen molar-refractivity contribution >= 4 is 0 Å². The van der Waals surface area contributed by atoms with Crippen molar-refractivity contribution in [2.24, 2.45) is 0 Å². The Bertz CT molecular complexity index is 646. The summed E-state index contributed by atoms with van der Waals surface area (Å²) in [4.78, 5) is 0. The van der Waals surface area contributed by atoms with Crippen LogP contribution in [-0.4, -0.2) is 10.2 Å². The molecule has 136 valence electrons. The number of phenolic OH excluding ortho intramolecular Hbond substituents is 2. The van der Waals surface area contributed by atoms with Crippen LogP contribution in [-0.2, 0) is 0 Å². The Morgan fingerprint density at radius 3 is 1.40 bits per heavy atom. The van der Waals surface area contributed by atoms with Gasteiger partial charge in [0.05, 0.1) is 0 Å². The van der Waals surface area contributed by atoms with E-state index in [4.69, 9.17) is 0 Å². The van der Waals surface area contributed by atoms with Gasteiger partial charge in [0.2, 0.25) is 0 Å². The molecule has 0 aliphatic heterocycles. The van der Waals surface area contributed by atoms with E-state index in [1.165, 1.54) is 11.1 Å². The van der Waals surface area contributed by atoms with Gasteiger partial charge < -0.3 is 10.2 Å². The summed E-state index contributed by atoms with van der Waals surface area (Å²) in [5.41, 5.74) is 4.31. The number of rotatable bonds is 7. The predicted molar refractivity (Wildman–Crippen MR) is 106 cm³/mol. The van der Waals surface area contributed by atoms with Crippen LogP contribution in [0.25, 0.3) is 0 Å². The summed E-state index contributed by atoms with van der Waals surface area (Å²) < 4.78 is 0. The lowest BCUT2D eigenvalue weighted by atomic mass is 9.83. The van der Waals surface area contributed by atoms with Crippen LogP contribution in [0.4, 0.5) is 0 Å². The zero-order chi connectivity index (χ0) is 18.6. The summed E-state index contributed by atoms with van der Waals surface area (Å²) in [6.45, 7) is 10.9. The van der Waals surface area contributed by atoms with Crippen molar-refractivity contribution in [1.29, 1.82) is 0 Å². The molecule has 0 saturated heterocycles. The molecule has 0 spiro atoms. The van der Waals surface area contributed by atoms with Gasteiger partial charge in [-0.3, -0.25) is 0 Å². The van der Waals surface area contributed by atoms with Gasteiger partial charge in [-0.05, 0) is 54.4 Å². The highest BCUT2D eigenvalue weighted by Crippen LogP contribution is 2.40. The van der Waals surface area contributed by atoms with Gasteiger partial charge in [-0.2, -0.15) is 0 Å². The van der Waals surface area contributed by atoms with Crippen molar-refractivity contribution in [2.45, 2.75) is 71.6 Å². The second kappa shape index (κ2) is 8.42. The van der Waals surface area contributed by atoms with Crippen LogP contribution >= 0.6 is 0 Å². The molecule has 2 unspecified atom stereocenters. The summed E-state index contributed by atoms with van der Waals surface area (Å²) in [7, 11) is 0. The van der Waals surface area contributed by atoms with E-state index in [0.29, 0.717) is 23.3 Å². The zero-order valence-electron chi connectivity index (χ0n) is 16.2. The van der Waals surface area contributed by atoms with Gasteiger partial charge in [-0.25, -0.2) is 0 Å². The van der Waals surface area contributed by atoms with E-state index in [0.717, 1.165) is 30.4 Å². The minimum absolute atomic E-state index is 0.00647. The average molecular weight is 341 g/mol. The van der Waals surface area contributed by atoms with Crippen molar-refractivity contribution in [1.82, 2.24) is 0 Å². The lowest BCUT2D eigenvalue weighted by Crippen LogP contribution is -2.04. The first-order chi connectivity index (χ1) is 11.9. The Labute approximate surface area is 152 Å². The Morgan fingerprint density at radius 2 is 1.08 bits per heavy atom. The molecule has 2 nitrogen and oxygen atoms in total. The van der Waals surface area contributed by atoms with E-state index in [9.17, 15) is 10.2 Å². The number of hydrogen-bond donors (Lipinski definition) is 2. The predicted octanol–water partition coefficient (Wildman–Crippen LogP) is 6.67. The number of hydrogen-bond acceptors (Lipinski definition) is 2. The molecule has 2 atom stereocenters. The summed E-state index contributed by atoms with van der Waals surface area (Å²) in [5, 5.41) is 21.0. The Balaban J connectivity index is 2.53. The Hall–Kier alpha value is -1.96. The molecule has 0 heterocycles. The monoisotopic (exact) mass is 340 g/mol. The maximum Gasteiger partial charge on any atom is 0.119 e. The summed E-state index contributed by atoms with van der Waals surface area (Å²) in [6.07, 6.45) is 2.96. The molecule has 0 radical (unpaired) electrons. The van der Waals surface area contributed by atoms with Gasteiger partial charge in [-0.1, -0.05) is 58.9 Å². The van der Waals surface area contributed by atoms with Crippen LogP contribution in [0, 0.1) is 0 Å². The molecule has 2 heteroatoms. The van der Waals surface area contributed by atoms with Gasteiger partial charge in [0, 0.05) is 17.0 Å². The molecule has 0 saturated carbocycles. The quantitative estimate of drug-likeness (QED) is 0.591. The van der Waals surface area contributed by atoms with Crippen molar-refractivity contribution in [3.05, 3.63) is 58.7 Å². The van der Waals surface area contributed by atoms with Crippen LogP contribution in [0.1, 0.15) is 93.9 Å². The fourth-order valence-electron chi connectivity index (χ4n) is 3.40. The van der Waals surface area contributed by atoms with E-state index >= 15 is 0 Å². The first kappa shape index (κ1) is 19.4. The van der Waals surface area contributed by atoms with Crippen LogP contribution in [0.2, 0.25) is 0 Å². The summed E-state index contributed by atoms with van der Waals surface area (Å²) >= 11 is 0. The first-order valence-electron chi connectivity index (χ1n) is 9.58. The molecule has 2 aromatic rings. The fraction of sp³-hybridized carbons (Fsp3) is 0.478. The van der Waals surface area contributed by atoms with E-state index in [-0.39, 0.29) is 5.92 Å². The molecule has 0 aliphatic rings. The zero-order valence-corrected chi connectivity index (χ0v) is 16.2. The Kier molecular flexibility index (Phi) is 6.52. The third-order valence-electron chi connectivity index (χ3n) is 5.63. The molecular formula is C23H32O2. The fourth-order valence-corrected chi connectivity index (χ4v) is 3.40. The van der Waals surface area contributed by atoms with E-state index in [1.807, 2.05) is 12.1 Å². The molecule has 0 amide bonds. The third-order valence-corrected chi connectivity index (χ3v) is 5.63. The molecule has 0 fully saturated rings. The summed E-state index contributed by atoms with van der Waals surface area (Å²) in [5.74, 6) is 1.53. The largest absolute Gasteiger partial charge is 0.508 e. The van der Waals surface area contributed by atoms with Gasteiger partial charge >= 0.3 is 0 Å². The first-order valence-corrected chi connectivity index (χ1v) is 9.58. The molecule has 0 aromatic heterocycles. The molecule has 2 aromatic carbocycles. The van der Waals surface area contributed by atoms with Crippen molar-refractivity contribution < 1.29 is 10.2 Å². The van der Waals surface area contributed by atoms with Crippen LogP contribution in [0.5, 0.6) is 11.5 Å². The molecule has 2 rings (SSSR count). The van der Waals surface area contributed by atoms with Gasteiger partial charge in [0.25, 0.3) is 0 Å². The van der Waals surface area contributed by atoms with Gasteiger partial charge in [-0.15, -0.1) is 0 Å². The lowest BCUT2D eigenvalue weighted by Gasteiger charge is -2.22. The van der Waals surface area contributed by atoms with Crippen LogP contribution < -0.4 is 0 Å². The standard InChI is InChI=1S/C23H32O2/c1-6-15(4)17-9-11-22(24)20(13-17)19(8-3)21-14-18(16(5)7-2)10-12-23(21)25/h9-16,19,24-25H,6-8H2,1-5H3. The molecule has 25 heavy (non-hydrogen) atoms. The molecule has 0 aliphatic carbocycles. The molecule has 2 N–H and O–H groups in total. The number of phenols is 2. The van der Waals surface area contributed by atoms with E-state index in [1.54, 1.807) is 12.1 Å². The second-order valence-electron chi connectivity index (χ2n) is 7.22. The molecule has 0 bridgehead atoms. The maximum absolute atomic E-state index is 10.5. The van der Waals surface area contributed by atoms with Crippen molar-refractivity contribution in [2.75, 3.05) is 0 Å². The van der Waals surface area contributed by atoms with Crippen LogP contribution in [0.3, 0.4) is 0 Å². The second-order valence-corrected chi connectivity index (χ2v) is 7.22. The van der Waals surface area contributed by atoms with E-state index in [2.05, 4.69) is 46.8 Å². The molecular weight excluding hydrogens is 308 g/mol. The minimum Gasteiger partial charge on any atom is -0.508 e. The highest BCUT2D eigenvalue weighted by atomic mass is 16.3. The van der Waals surface area contributed by atoms with Gasteiger partial charge in [0.15, 0.2) is 0 Å². The van der Waals surface area contributed by atoms with E-state index < -0.39 is 0 Å². The highest BCUT2D eigenvalue weighted by molar-refractivity contribution is 5.49. The normalized spacial score (nSPS) is 14.9. The Morgan fingerprint density at radius 1 is 0.680 bits per heavy atom. The van der Waals surface area contributed by atoms with Crippen LogP contribution in [0.15, 0.2) is 36.4 Å². The topological polar surface area (TPSA) is 40.5 Å². The maximum atomic E-state index is 10.5. The number of aromatic hydroxyl groups is 2. The third kappa shape index (κ3) is 4.18. The highest BCUT2D eigenvalue weighted by Gasteiger charge is 2.21. The summed E-state index contributed by atoms with van der Waals surface area (Å²) in [6, 6.07) is 11.9. The SMILES string of the molecule is CCC(C)c1ccc(O)c(C(CC)c2cc(C(C)CC)ccc2O)c1. The minimum atomic E-state index is -0.00647. The smallest absolute Gasteiger partial charge is 0.119 e. The average Bonchev–Trinajstić information content (AvgIpc) is 2.63. The lowest BCUT2D eigenvalue weighted by molar-refractivity contribution is 0.452. The number of benzene rings is 2. The van der Waals surface area contributed by atoms with Crippen molar-refractivity contribution in [3.8, 4) is 11.5 Å². The van der Waals surface area contributed by atoms with Crippen molar-refractivity contribution in [3.63, 3.8) is 0 Å². The van der Waals surface area contributed by atoms with Gasteiger partial charge in [0.1, 0.15) is 11.5 Å².